The fraction of sp³-hybridized carbons (Fsp3) is 0. The minimum absolute atomic E-state index is 0.200. The van der Waals surface area contributed by atoms with Gasteiger partial charge in [0.1, 0.15) is 11.5 Å². The Bertz CT molecular complexity index is 628. The number of carbonyl (C=O) groups excluding carboxylic acids is 1. The number of nitrogens with zero attached hydrogens (tertiary/aromatic N) is 2. The molecule has 2 aromatic heterocycles. The van der Waals surface area contributed by atoms with Gasteiger partial charge in [-0.2, -0.15) is 0 Å². The molecule has 0 saturated carbocycles. The topological polar surface area (TPSA) is 64.7 Å². The second-order valence-electron chi connectivity index (χ2n) is 3.57. The molecule has 0 aliphatic carbocycles. The Hall–Kier alpha value is -2.69. The maximum atomic E-state index is 11.6. The zero-order valence-corrected chi connectivity index (χ0v) is 9.24. The summed E-state index contributed by atoms with van der Waals surface area (Å²) < 4.78 is 10.2. The van der Waals surface area contributed by atoms with Gasteiger partial charge in [0, 0.05) is 12.3 Å². The smallest absolute Gasteiger partial charge is 0.364 e. The van der Waals surface area contributed by atoms with E-state index in [1.54, 1.807) is 36.5 Å². The maximum absolute atomic E-state index is 11.6. The molecule has 0 spiro atoms. The number of ether oxygens (including phenoxy) is 1. The molecular weight excluding hydrogens is 232 g/mol. The molecule has 88 valence electrons. The molecule has 0 saturated heterocycles. The van der Waals surface area contributed by atoms with E-state index >= 15 is 0 Å². The number of furan rings is 1. The third-order valence-corrected chi connectivity index (χ3v) is 2.33. The van der Waals surface area contributed by atoms with Crippen LogP contribution in [0.5, 0.6) is 0 Å². The number of pyridine rings is 1. The number of hydrogen-bond acceptors (Lipinski definition) is 5. The summed E-state index contributed by atoms with van der Waals surface area (Å²) in [5.41, 5.74) is 0.722. The Labute approximate surface area is 102 Å². The van der Waals surface area contributed by atoms with Crippen molar-refractivity contribution in [2.45, 2.75) is 0 Å². The van der Waals surface area contributed by atoms with Gasteiger partial charge in [-0.25, -0.2) is 9.79 Å². The first-order valence-electron chi connectivity index (χ1n) is 5.30. The lowest BCUT2D eigenvalue weighted by Gasteiger charge is -1.95. The van der Waals surface area contributed by atoms with E-state index in [9.17, 15) is 4.79 Å². The number of esters is 1. The van der Waals surface area contributed by atoms with Crippen molar-refractivity contribution in [3.63, 3.8) is 0 Å². The predicted molar refractivity (Wildman–Crippen MR) is 63.6 cm³/mol. The van der Waals surface area contributed by atoms with Gasteiger partial charge in [0.25, 0.3) is 0 Å². The quantitative estimate of drug-likeness (QED) is 0.595. The van der Waals surface area contributed by atoms with Gasteiger partial charge >= 0.3 is 5.97 Å². The Balaban J connectivity index is 1.95. The summed E-state index contributed by atoms with van der Waals surface area (Å²) in [7, 11) is 0. The molecule has 0 bridgehead atoms. The van der Waals surface area contributed by atoms with Crippen LogP contribution in [0, 0.1) is 0 Å². The molecular formula is C13H8N2O3. The average Bonchev–Trinajstić information content (AvgIpc) is 3.02. The standard InChI is InChI=1S/C13H8N2O3/c16-13-11(8-9-4-3-7-17-9)15-12(18-13)10-5-1-2-6-14-10/h1-8H/b11-8+. The Morgan fingerprint density at radius 3 is 2.83 bits per heavy atom. The molecule has 0 aromatic carbocycles. The van der Waals surface area contributed by atoms with Gasteiger partial charge in [0.05, 0.1) is 6.26 Å². The fourth-order valence-corrected chi connectivity index (χ4v) is 1.52. The number of aromatic nitrogens is 1. The normalized spacial score (nSPS) is 16.8. The maximum Gasteiger partial charge on any atom is 0.364 e. The van der Waals surface area contributed by atoms with Crippen LogP contribution in [-0.4, -0.2) is 16.9 Å². The van der Waals surface area contributed by atoms with Crippen LogP contribution >= 0.6 is 0 Å². The SMILES string of the molecule is O=C1OC(c2ccccn2)=N/C1=C/c1ccco1. The molecule has 1 aliphatic rings. The largest absolute Gasteiger partial charge is 0.465 e. The molecule has 1 aliphatic heterocycles. The highest BCUT2D eigenvalue weighted by Gasteiger charge is 2.24. The molecule has 0 amide bonds. The highest BCUT2D eigenvalue weighted by atomic mass is 16.6. The molecule has 5 heteroatoms. The first-order chi connectivity index (χ1) is 8.83. The predicted octanol–water partition coefficient (Wildman–Crippen LogP) is 2.02. The van der Waals surface area contributed by atoms with Crippen LogP contribution in [0.4, 0.5) is 0 Å². The van der Waals surface area contributed by atoms with Crippen molar-refractivity contribution in [1.29, 1.82) is 0 Å². The number of carbonyl (C=O) groups is 1. The van der Waals surface area contributed by atoms with Crippen molar-refractivity contribution in [2.75, 3.05) is 0 Å². The van der Waals surface area contributed by atoms with Crippen molar-refractivity contribution >= 4 is 17.9 Å². The molecule has 3 rings (SSSR count). The summed E-state index contributed by atoms with van der Waals surface area (Å²) in [6, 6.07) is 8.76. The number of rotatable bonds is 2. The first kappa shape index (κ1) is 10.5. The third kappa shape index (κ3) is 1.93. The van der Waals surface area contributed by atoms with Gasteiger partial charge in [-0.3, -0.25) is 4.98 Å². The first-order valence-corrected chi connectivity index (χ1v) is 5.30. The minimum atomic E-state index is -0.507. The Kier molecular flexibility index (Phi) is 2.49. The van der Waals surface area contributed by atoms with E-state index in [4.69, 9.17) is 9.15 Å². The molecule has 18 heavy (non-hydrogen) atoms. The Morgan fingerprint density at radius 2 is 2.11 bits per heavy atom. The molecule has 2 aromatic rings. The highest BCUT2D eigenvalue weighted by molar-refractivity contribution is 6.12. The van der Waals surface area contributed by atoms with Crippen molar-refractivity contribution in [2.24, 2.45) is 4.99 Å². The van der Waals surface area contributed by atoms with Crippen LogP contribution < -0.4 is 0 Å². The summed E-state index contributed by atoms with van der Waals surface area (Å²) >= 11 is 0. The van der Waals surface area contributed by atoms with E-state index in [1.807, 2.05) is 0 Å². The molecule has 5 nitrogen and oxygen atoms in total. The average molecular weight is 240 g/mol. The summed E-state index contributed by atoms with van der Waals surface area (Å²) in [5, 5.41) is 0. The number of cyclic esters (lactones) is 1. The second-order valence-corrected chi connectivity index (χ2v) is 3.57. The van der Waals surface area contributed by atoms with Gasteiger partial charge in [0.15, 0.2) is 5.70 Å². The fourth-order valence-electron chi connectivity index (χ4n) is 1.52. The van der Waals surface area contributed by atoms with Crippen LogP contribution in [0.1, 0.15) is 11.5 Å². The van der Waals surface area contributed by atoms with Crippen LogP contribution in [-0.2, 0) is 9.53 Å². The molecule has 0 N–H and O–H groups in total. The lowest BCUT2D eigenvalue weighted by atomic mass is 10.3. The summed E-state index contributed by atoms with van der Waals surface area (Å²) in [6.07, 6.45) is 4.66. The van der Waals surface area contributed by atoms with Crippen LogP contribution in [0.2, 0.25) is 0 Å². The van der Waals surface area contributed by atoms with Crippen LogP contribution in [0.15, 0.2) is 57.9 Å². The van der Waals surface area contributed by atoms with E-state index in [0.717, 1.165) is 0 Å². The second kappa shape index (κ2) is 4.29. The molecule has 0 fully saturated rings. The van der Waals surface area contributed by atoms with Gasteiger partial charge in [0.2, 0.25) is 5.90 Å². The number of hydrogen-bond donors (Lipinski definition) is 0. The van der Waals surface area contributed by atoms with Crippen molar-refractivity contribution in [3.05, 3.63) is 59.9 Å². The third-order valence-electron chi connectivity index (χ3n) is 2.33. The summed E-state index contributed by atoms with van der Waals surface area (Å²) in [5.74, 6) is 0.249. The molecule has 0 radical (unpaired) electrons. The lowest BCUT2D eigenvalue weighted by Crippen LogP contribution is -2.06. The zero-order valence-electron chi connectivity index (χ0n) is 9.24. The van der Waals surface area contributed by atoms with Gasteiger partial charge < -0.3 is 9.15 Å². The lowest BCUT2D eigenvalue weighted by molar-refractivity contribution is -0.129. The molecule has 0 atom stereocenters. The van der Waals surface area contributed by atoms with E-state index in [-0.39, 0.29) is 11.6 Å². The summed E-state index contributed by atoms with van der Waals surface area (Å²) in [4.78, 5) is 19.8. The molecule has 0 unspecified atom stereocenters. The minimum Gasteiger partial charge on any atom is -0.465 e. The highest BCUT2D eigenvalue weighted by Crippen LogP contribution is 2.18. The monoisotopic (exact) mass is 240 g/mol. The Morgan fingerprint density at radius 1 is 1.17 bits per heavy atom. The van der Waals surface area contributed by atoms with Gasteiger partial charge in [-0.1, -0.05) is 6.07 Å². The van der Waals surface area contributed by atoms with Crippen LogP contribution in [0.25, 0.3) is 6.08 Å². The van der Waals surface area contributed by atoms with E-state index in [1.165, 1.54) is 12.3 Å². The zero-order chi connectivity index (χ0) is 12.4. The molecule has 3 heterocycles. The number of aliphatic imine (C=N–C) groups is 1. The van der Waals surface area contributed by atoms with Crippen LogP contribution in [0.3, 0.4) is 0 Å². The van der Waals surface area contributed by atoms with Crippen molar-refractivity contribution in [1.82, 2.24) is 4.98 Å². The van der Waals surface area contributed by atoms with Crippen molar-refractivity contribution < 1.29 is 13.9 Å². The van der Waals surface area contributed by atoms with E-state index in [0.29, 0.717) is 11.5 Å². The van der Waals surface area contributed by atoms with E-state index in [2.05, 4.69) is 9.98 Å². The van der Waals surface area contributed by atoms with Crippen molar-refractivity contribution in [3.8, 4) is 0 Å². The van der Waals surface area contributed by atoms with Gasteiger partial charge in [-0.05, 0) is 24.3 Å². The summed E-state index contributed by atoms with van der Waals surface area (Å²) in [6.45, 7) is 0. The van der Waals surface area contributed by atoms with E-state index < -0.39 is 5.97 Å². The van der Waals surface area contributed by atoms with Gasteiger partial charge in [-0.15, -0.1) is 0 Å².